The van der Waals surface area contributed by atoms with Crippen molar-refractivity contribution in [3.63, 3.8) is 0 Å². The lowest BCUT2D eigenvalue weighted by atomic mass is 9.90. The zero-order valence-electron chi connectivity index (χ0n) is 13.0. The molecule has 116 valence electrons. The van der Waals surface area contributed by atoms with Crippen molar-refractivity contribution in [2.45, 2.75) is 24.7 Å². The second kappa shape index (κ2) is 8.57. The van der Waals surface area contributed by atoms with E-state index < -0.39 is 0 Å². The van der Waals surface area contributed by atoms with Gasteiger partial charge in [0.15, 0.2) is 5.78 Å². The molecular weight excluding hydrogens is 282 g/mol. The van der Waals surface area contributed by atoms with E-state index in [1.807, 2.05) is 37.4 Å². The third-order valence-corrected chi connectivity index (χ3v) is 4.75. The van der Waals surface area contributed by atoms with Crippen LogP contribution in [0.3, 0.4) is 0 Å². The number of nitrogens with zero attached hydrogens (tertiary/aromatic N) is 1. The molecule has 0 unspecified atom stereocenters. The lowest BCUT2D eigenvalue weighted by Crippen LogP contribution is -2.40. The first-order chi connectivity index (χ1) is 10.2. The SMILES string of the molecule is CCOCCN1CCC[C@H](C(=O)c2ccc(SC)cc2)C1. The van der Waals surface area contributed by atoms with E-state index in [1.165, 1.54) is 4.90 Å². The molecule has 0 N–H and O–H groups in total. The van der Waals surface area contributed by atoms with E-state index in [4.69, 9.17) is 4.74 Å². The number of carbonyl (C=O) groups excluding carboxylic acids is 1. The Labute approximate surface area is 132 Å². The van der Waals surface area contributed by atoms with Gasteiger partial charge < -0.3 is 9.64 Å². The van der Waals surface area contributed by atoms with Gasteiger partial charge in [-0.15, -0.1) is 11.8 Å². The van der Waals surface area contributed by atoms with Gasteiger partial charge in [-0.1, -0.05) is 12.1 Å². The summed E-state index contributed by atoms with van der Waals surface area (Å²) in [7, 11) is 0. The van der Waals surface area contributed by atoms with Gasteiger partial charge in [-0.3, -0.25) is 4.79 Å². The van der Waals surface area contributed by atoms with Gasteiger partial charge in [-0.25, -0.2) is 0 Å². The van der Waals surface area contributed by atoms with Crippen LogP contribution < -0.4 is 0 Å². The fraction of sp³-hybridized carbons (Fsp3) is 0.588. The highest BCUT2D eigenvalue weighted by Crippen LogP contribution is 2.22. The summed E-state index contributed by atoms with van der Waals surface area (Å²) in [6, 6.07) is 8.00. The monoisotopic (exact) mass is 307 g/mol. The molecule has 2 rings (SSSR count). The molecule has 0 aliphatic carbocycles. The van der Waals surface area contributed by atoms with Crippen LogP contribution in [-0.2, 0) is 4.74 Å². The van der Waals surface area contributed by atoms with Gasteiger partial charge >= 0.3 is 0 Å². The fourth-order valence-corrected chi connectivity index (χ4v) is 3.21. The Morgan fingerprint density at radius 2 is 2.14 bits per heavy atom. The van der Waals surface area contributed by atoms with E-state index in [-0.39, 0.29) is 5.92 Å². The molecule has 21 heavy (non-hydrogen) atoms. The van der Waals surface area contributed by atoms with Crippen molar-refractivity contribution in [1.82, 2.24) is 4.90 Å². The number of carbonyl (C=O) groups is 1. The van der Waals surface area contributed by atoms with Gasteiger partial charge in [0.1, 0.15) is 0 Å². The van der Waals surface area contributed by atoms with Crippen LogP contribution >= 0.6 is 11.8 Å². The quantitative estimate of drug-likeness (QED) is 0.439. The average Bonchev–Trinajstić information content (AvgIpc) is 2.55. The Kier molecular flexibility index (Phi) is 6.74. The standard InChI is InChI=1S/C17H25NO2S/c1-3-20-12-11-18-10-4-5-15(13-18)17(19)14-6-8-16(21-2)9-7-14/h6-9,15H,3-5,10-13H2,1-2H3/t15-/m0/s1. The summed E-state index contributed by atoms with van der Waals surface area (Å²) in [5, 5.41) is 0. The highest BCUT2D eigenvalue weighted by atomic mass is 32.2. The van der Waals surface area contributed by atoms with E-state index in [1.54, 1.807) is 11.8 Å². The summed E-state index contributed by atoms with van der Waals surface area (Å²) < 4.78 is 5.41. The number of benzene rings is 1. The average molecular weight is 307 g/mol. The highest BCUT2D eigenvalue weighted by Gasteiger charge is 2.26. The summed E-state index contributed by atoms with van der Waals surface area (Å²) in [5.74, 6) is 0.435. The first-order valence-electron chi connectivity index (χ1n) is 7.73. The number of thioether (sulfide) groups is 1. The fourth-order valence-electron chi connectivity index (χ4n) is 2.80. The van der Waals surface area contributed by atoms with Crippen LogP contribution in [0.1, 0.15) is 30.1 Å². The van der Waals surface area contributed by atoms with E-state index >= 15 is 0 Å². The van der Waals surface area contributed by atoms with Crippen LogP contribution in [0.2, 0.25) is 0 Å². The molecule has 1 aliphatic rings. The molecular formula is C17H25NO2S. The largest absolute Gasteiger partial charge is 0.380 e. The van der Waals surface area contributed by atoms with E-state index in [2.05, 4.69) is 4.90 Å². The number of Topliss-reactive ketones (excluding diaryl/α,β-unsaturated/α-hetero) is 1. The molecule has 1 aliphatic heterocycles. The molecule has 3 nitrogen and oxygen atoms in total. The zero-order chi connectivity index (χ0) is 15.1. The van der Waals surface area contributed by atoms with Gasteiger partial charge in [-0.05, 0) is 44.7 Å². The third kappa shape index (κ3) is 4.83. The van der Waals surface area contributed by atoms with Gasteiger partial charge in [-0.2, -0.15) is 0 Å². The molecule has 1 heterocycles. The minimum absolute atomic E-state index is 0.139. The van der Waals surface area contributed by atoms with Crippen molar-refractivity contribution in [3.05, 3.63) is 29.8 Å². The summed E-state index contributed by atoms with van der Waals surface area (Å²) in [6.45, 7) is 6.43. The topological polar surface area (TPSA) is 29.5 Å². The Bertz CT molecular complexity index is 447. The second-order valence-electron chi connectivity index (χ2n) is 5.43. The minimum atomic E-state index is 0.139. The smallest absolute Gasteiger partial charge is 0.167 e. The van der Waals surface area contributed by atoms with Crippen molar-refractivity contribution in [3.8, 4) is 0 Å². The molecule has 1 aromatic carbocycles. The van der Waals surface area contributed by atoms with Gasteiger partial charge in [0, 0.05) is 36.1 Å². The van der Waals surface area contributed by atoms with Gasteiger partial charge in [0.05, 0.1) is 6.61 Å². The number of hydrogen-bond donors (Lipinski definition) is 0. The van der Waals surface area contributed by atoms with Crippen LogP contribution in [-0.4, -0.2) is 49.8 Å². The molecule has 0 saturated carbocycles. The molecule has 0 aromatic heterocycles. The van der Waals surface area contributed by atoms with Crippen molar-refractivity contribution < 1.29 is 9.53 Å². The molecule has 0 radical (unpaired) electrons. The molecule has 4 heteroatoms. The maximum atomic E-state index is 12.6. The summed E-state index contributed by atoms with van der Waals surface area (Å²) in [4.78, 5) is 16.2. The Balaban J connectivity index is 1.91. The number of likely N-dealkylation sites (tertiary alicyclic amines) is 1. The Morgan fingerprint density at radius 1 is 1.38 bits per heavy atom. The summed E-state index contributed by atoms with van der Waals surface area (Å²) in [6.07, 6.45) is 4.16. The first kappa shape index (κ1) is 16.5. The summed E-state index contributed by atoms with van der Waals surface area (Å²) >= 11 is 1.70. The van der Waals surface area contributed by atoms with Crippen LogP contribution in [0.25, 0.3) is 0 Å². The maximum absolute atomic E-state index is 12.6. The third-order valence-electron chi connectivity index (χ3n) is 4.01. The van der Waals surface area contributed by atoms with Gasteiger partial charge in [0.25, 0.3) is 0 Å². The van der Waals surface area contributed by atoms with Crippen LogP contribution in [0.5, 0.6) is 0 Å². The lowest BCUT2D eigenvalue weighted by molar-refractivity contribution is 0.0720. The molecule has 0 spiro atoms. The maximum Gasteiger partial charge on any atom is 0.167 e. The molecule has 1 atom stereocenters. The van der Waals surface area contributed by atoms with Gasteiger partial charge in [0.2, 0.25) is 0 Å². The van der Waals surface area contributed by atoms with Crippen molar-refractivity contribution >= 4 is 17.5 Å². The number of ketones is 1. The molecule has 1 fully saturated rings. The predicted octanol–water partition coefficient (Wildman–Crippen LogP) is 3.34. The predicted molar refractivity (Wildman–Crippen MR) is 88.2 cm³/mol. The van der Waals surface area contributed by atoms with Crippen molar-refractivity contribution in [1.29, 1.82) is 0 Å². The van der Waals surface area contributed by atoms with Crippen LogP contribution in [0.15, 0.2) is 29.2 Å². The molecule has 1 aromatic rings. The van der Waals surface area contributed by atoms with E-state index in [9.17, 15) is 4.79 Å². The molecule has 1 saturated heterocycles. The number of hydrogen-bond acceptors (Lipinski definition) is 4. The zero-order valence-corrected chi connectivity index (χ0v) is 13.8. The second-order valence-corrected chi connectivity index (χ2v) is 6.31. The first-order valence-corrected chi connectivity index (χ1v) is 8.95. The van der Waals surface area contributed by atoms with E-state index in [0.29, 0.717) is 5.78 Å². The molecule has 0 amide bonds. The minimum Gasteiger partial charge on any atom is -0.380 e. The van der Waals surface area contributed by atoms with Crippen LogP contribution in [0.4, 0.5) is 0 Å². The Morgan fingerprint density at radius 3 is 2.81 bits per heavy atom. The van der Waals surface area contributed by atoms with E-state index in [0.717, 1.165) is 51.3 Å². The highest BCUT2D eigenvalue weighted by molar-refractivity contribution is 7.98. The number of piperidine rings is 1. The Hall–Kier alpha value is -0.840. The number of rotatable bonds is 7. The summed E-state index contributed by atoms with van der Waals surface area (Å²) in [5.41, 5.74) is 0.851. The van der Waals surface area contributed by atoms with Crippen LogP contribution in [0, 0.1) is 5.92 Å². The van der Waals surface area contributed by atoms with Crippen molar-refractivity contribution in [2.24, 2.45) is 5.92 Å². The molecule has 0 bridgehead atoms. The normalized spacial score (nSPS) is 19.6. The lowest BCUT2D eigenvalue weighted by Gasteiger charge is -2.31. The number of ether oxygens (including phenoxy) is 1. The van der Waals surface area contributed by atoms with Crippen molar-refractivity contribution in [2.75, 3.05) is 39.1 Å².